The summed E-state index contributed by atoms with van der Waals surface area (Å²) in [4.78, 5) is 0. The lowest BCUT2D eigenvalue weighted by atomic mass is 10.1. The molecule has 104 valence electrons. The number of rotatable bonds is 5. The van der Waals surface area contributed by atoms with Gasteiger partial charge < -0.3 is 5.11 Å². The third kappa shape index (κ3) is 3.29. The van der Waals surface area contributed by atoms with E-state index in [0.29, 0.717) is 6.42 Å². The van der Waals surface area contributed by atoms with Crippen molar-refractivity contribution in [2.24, 2.45) is 0 Å². The van der Waals surface area contributed by atoms with Crippen molar-refractivity contribution in [3.05, 3.63) is 36.7 Å². The number of aliphatic hydroxyl groups excluding tert-OH is 1. The SMILES string of the molecule is CCc1nn(CC)c(CC(O)c2csc(Br)c2)c1Br. The number of hydrogen-bond donors (Lipinski definition) is 1. The molecule has 0 spiro atoms. The Labute approximate surface area is 133 Å². The quantitative estimate of drug-likeness (QED) is 0.800. The van der Waals surface area contributed by atoms with Crippen LogP contribution in [0.2, 0.25) is 0 Å². The second-order valence-corrected chi connectivity index (χ2v) is 7.36. The molecule has 0 bridgehead atoms. The Morgan fingerprint density at radius 2 is 2.16 bits per heavy atom. The summed E-state index contributed by atoms with van der Waals surface area (Å²) in [5.74, 6) is 0. The van der Waals surface area contributed by atoms with Gasteiger partial charge in [0.1, 0.15) is 0 Å². The van der Waals surface area contributed by atoms with E-state index in [1.807, 2.05) is 16.1 Å². The Hall–Kier alpha value is -0.170. The fraction of sp³-hybridized carbons (Fsp3) is 0.462. The van der Waals surface area contributed by atoms with Gasteiger partial charge in [0, 0.05) is 13.0 Å². The first kappa shape index (κ1) is 15.2. The molecule has 0 amide bonds. The Kier molecular flexibility index (Phi) is 5.22. The zero-order valence-corrected chi connectivity index (χ0v) is 14.8. The first-order valence-electron chi connectivity index (χ1n) is 6.22. The highest BCUT2D eigenvalue weighted by molar-refractivity contribution is 9.11. The average Bonchev–Trinajstić information content (AvgIpc) is 2.95. The molecule has 2 heterocycles. The molecular weight excluding hydrogens is 392 g/mol. The summed E-state index contributed by atoms with van der Waals surface area (Å²) in [7, 11) is 0. The van der Waals surface area contributed by atoms with Crippen molar-refractivity contribution in [3.8, 4) is 0 Å². The van der Waals surface area contributed by atoms with E-state index >= 15 is 0 Å². The molecule has 0 aliphatic carbocycles. The van der Waals surface area contributed by atoms with E-state index in [4.69, 9.17) is 0 Å². The van der Waals surface area contributed by atoms with Crippen LogP contribution in [0.1, 0.15) is 36.9 Å². The van der Waals surface area contributed by atoms with Gasteiger partial charge in [-0.2, -0.15) is 5.10 Å². The summed E-state index contributed by atoms with van der Waals surface area (Å²) in [6.45, 7) is 4.97. The molecule has 2 aromatic rings. The van der Waals surface area contributed by atoms with Gasteiger partial charge in [0.15, 0.2) is 0 Å². The number of thiophene rings is 1. The third-order valence-electron chi connectivity index (χ3n) is 3.05. The second-order valence-electron chi connectivity index (χ2n) is 4.28. The number of aromatic nitrogens is 2. The van der Waals surface area contributed by atoms with Gasteiger partial charge in [-0.05, 0) is 62.2 Å². The summed E-state index contributed by atoms with van der Waals surface area (Å²) in [5, 5.41) is 16.9. The Morgan fingerprint density at radius 3 is 2.68 bits per heavy atom. The van der Waals surface area contributed by atoms with Crippen LogP contribution in [0.3, 0.4) is 0 Å². The lowest BCUT2D eigenvalue weighted by Gasteiger charge is -2.11. The molecule has 1 atom stereocenters. The first-order chi connectivity index (χ1) is 9.06. The molecule has 1 unspecified atom stereocenters. The molecule has 3 nitrogen and oxygen atoms in total. The summed E-state index contributed by atoms with van der Waals surface area (Å²) in [6.07, 6.45) is 0.969. The number of aliphatic hydroxyl groups is 1. The first-order valence-corrected chi connectivity index (χ1v) is 8.69. The molecule has 0 radical (unpaired) electrons. The van der Waals surface area contributed by atoms with Gasteiger partial charge in [0.05, 0.1) is 25.8 Å². The van der Waals surface area contributed by atoms with Crippen LogP contribution >= 0.6 is 43.2 Å². The van der Waals surface area contributed by atoms with Gasteiger partial charge in [-0.1, -0.05) is 6.92 Å². The minimum atomic E-state index is -0.495. The third-order valence-corrected chi connectivity index (χ3v) is 5.49. The Balaban J connectivity index is 2.25. The zero-order chi connectivity index (χ0) is 14.0. The number of hydrogen-bond acceptors (Lipinski definition) is 3. The van der Waals surface area contributed by atoms with Crippen LogP contribution in [0.4, 0.5) is 0 Å². The van der Waals surface area contributed by atoms with Gasteiger partial charge in [-0.3, -0.25) is 4.68 Å². The maximum Gasteiger partial charge on any atom is 0.0854 e. The van der Waals surface area contributed by atoms with Crippen molar-refractivity contribution in [1.82, 2.24) is 9.78 Å². The molecule has 2 rings (SSSR count). The zero-order valence-electron chi connectivity index (χ0n) is 10.9. The number of aryl methyl sites for hydroxylation is 2. The van der Waals surface area contributed by atoms with Crippen LogP contribution in [0.25, 0.3) is 0 Å². The van der Waals surface area contributed by atoms with E-state index < -0.39 is 6.10 Å². The molecule has 0 fully saturated rings. The van der Waals surface area contributed by atoms with Crippen molar-refractivity contribution in [1.29, 1.82) is 0 Å². The van der Waals surface area contributed by atoms with Crippen molar-refractivity contribution in [3.63, 3.8) is 0 Å². The van der Waals surface area contributed by atoms with E-state index in [1.165, 1.54) is 0 Å². The molecule has 19 heavy (non-hydrogen) atoms. The van der Waals surface area contributed by atoms with Gasteiger partial charge in [0.25, 0.3) is 0 Å². The molecule has 0 saturated heterocycles. The van der Waals surface area contributed by atoms with Crippen molar-refractivity contribution in [2.45, 2.75) is 39.3 Å². The smallest absolute Gasteiger partial charge is 0.0854 e. The van der Waals surface area contributed by atoms with E-state index in [-0.39, 0.29) is 0 Å². The Morgan fingerprint density at radius 1 is 1.42 bits per heavy atom. The fourth-order valence-electron chi connectivity index (χ4n) is 2.01. The van der Waals surface area contributed by atoms with Crippen LogP contribution in [-0.2, 0) is 19.4 Å². The van der Waals surface area contributed by atoms with Gasteiger partial charge >= 0.3 is 0 Å². The highest BCUT2D eigenvalue weighted by Gasteiger charge is 2.18. The van der Waals surface area contributed by atoms with Crippen LogP contribution in [0.5, 0.6) is 0 Å². The molecule has 6 heteroatoms. The van der Waals surface area contributed by atoms with Crippen molar-refractivity contribution in [2.75, 3.05) is 0 Å². The number of nitrogens with zero attached hydrogens (tertiary/aromatic N) is 2. The summed E-state index contributed by atoms with van der Waals surface area (Å²) in [6, 6.07) is 1.97. The minimum Gasteiger partial charge on any atom is -0.388 e. The van der Waals surface area contributed by atoms with Crippen LogP contribution in [-0.4, -0.2) is 14.9 Å². The summed E-state index contributed by atoms with van der Waals surface area (Å²) in [5.41, 5.74) is 3.07. The predicted molar refractivity (Wildman–Crippen MR) is 85.7 cm³/mol. The molecule has 2 aromatic heterocycles. The highest BCUT2D eigenvalue weighted by atomic mass is 79.9. The lowest BCUT2D eigenvalue weighted by Crippen LogP contribution is -2.08. The molecular formula is C13H16Br2N2OS. The molecule has 0 aliphatic rings. The van der Waals surface area contributed by atoms with E-state index in [2.05, 4.69) is 50.8 Å². The van der Waals surface area contributed by atoms with Gasteiger partial charge in [-0.25, -0.2) is 0 Å². The van der Waals surface area contributed by atoms with E-state index in [0.717, 1.165) is 38.2 Å². The van der Waals surface area contributed by atoms with E-state index in [9.17, 15) is 5.11 Å². The van der Waals surface area contributed by atoms with Crippen LogP contribution in [0.15, 0.2) is 19.7 Å². The summed E-state index contributed by atoms with van der Waals surface area (Å²) < 4.78 is 4.04. The average molecular weight is 408 g/mol. The largest absolute Gasteiger partial charge is 0.388 e. The maximum atomic E-state index is 10.3. The highest BCUT2D eigenvalue weighted by Crippen LogP contribution is 2.30. The van der Waals surface area contributed by atoms with Gasteiger partial charge in [-0.15, -0.1) is 11.3 Å². The molecule has 0 aromatic carbocycles. The summed E-state index contributed by atoms with van der Waals surface area (Å²) >= 11 is 8.62. The molecule has 0 aliphatic heterocycles. The van der Waals surface area contributed by atoms with E-state index in [1.54, 1.807) is 11.3 Å². The standard InChI is InChI=1S/C13H16Br2N2OS/c1-3-9-13(15)10(17(4-2)16-9)6-11(18)8-5-12(14)19-7-8/h5,7,11,18H,3-4,6H2,1-2H3. The van der Waals surface area contributed by atoms with Crippen LogP contribution in [0, 0.1) is 0 Å². The number of halogens is 2. The fourth-order valence-corrected chi connectivity index (χ4v) is 3.96. The molecule has 1 N–H and O–H groups in total. The molecule has 0 saturated carbocycles. The second kappa shape index (κ2) is 6.52. The van der Waals surface area contributed by atoms with Crippen molar-refractivity contribution >= 4 is 43.2 Å². The normalized spacial score (nSPS) is 12.9. The Bertz CT molecular complexity index is 565. The predicted octanol–water partition coefficient (Wildman–Crippen LogP) is 4.33. The monoisotopic (exact) mass is 406 g/mol. The van der Waals surface area contributed by atoms with Gasteiger partial charge in [0.2, 0.25) is 0 Å². The van der Waals surface area contributed by atoms with Crippen molar-refractivity contribution < 1.29 is 5.11 Å². The minimum absolute atomic E-state index is 0.495. The maximum absolute atomic E-state index is 10.3. The lowest BCUT2D eigenvalue weighted by molar-refractivity contribution is 0.175. The topological polar surface area (TPSA) is 38.0 Å². The van der Waals surface area contributed by atoms with Crippen LogP contribution < -0.4 is 0 Å².